The Morgan fingerprint density at radius 3 is 2.40 bits per heavy atom. The van der Waals surface area contributed by atoms with Crippen molar-refractivity contribution in [3.63, 3.8) is 0 Å². The van der Waals surface area contributed by atoms with Gasteiger partial charge >= 0.3 is 5.63 Å². The van der Waals surface area contributed by atoms with Crippen LogP contribution >= 0.6 is 0 Å². The quantitative estimate of drug-likeness (QED) is 0.561. The Labute approximate surface area is 175 Å². The zero-order valence-corrected chi connectivity index (χ0v) is 17.8. The number of rotatable bonds is 7. The number of aryl methyl sites for hydroxylation is 1. The zero-order chi connectivity index (χ0) is 21.9. The van der Waals surface area contributed by atoms with Gasteiger partial charge in [-0.05, 0) is 55.7 Å². The number of sulfonamides is 1. The maximum Gasteiger partial charge on any atom is 0.336 e. The number of hydrogen-bond acceptors (Lipinski definition) is 5. The molecule has 7 nitrogen and oxygen atoms in total. The van der Waals surface area contributed by atoms with Gasteiger partial charge in [0, 0.05) is 17.1 Å². The lowest BCUT2D eigenvalue weighted by atomic mass is 10.0. The normalized spacial score (nSPS) is 12.8. The van der Waals surface area contributed by atoms with E-state index in [1.165, 1.54) is 18.2 Å². The van der Waals surface area contributed by atoms with Crippen molar-refractivity contribution in [3.05, 3.63) is 70.6 Å². The summed E-state index contributed by atoms with van der Waals surface area (Å²) in [7, 11) is -3.86. The van der Waals surface area contributed by atoms with Crippen molar-refractivity contribution in [3.8, 4) is 0 Å². The van der Waals surface area contributed by atoms with Crippen LogP contribution in [0, 0.1) is 12.8 Å². The van der Waals surface area contributed by atoms with Crippen molar-refractivity contribution in [1.82, 2.24) is 4.72 Å². The molecule has 1 aromatic heterocycles. The fourth-order valence-corrected chi connectivity index (χ4v) is 4.24. The van der Waals surface area contributed by atoms with E-state index in [4.69, 9.17) is 4.42 Å². The molecule has 0 aliphatic rings. The summed E-state index contributed by atoms with van der Waals surface area (Å²) in [5.74, 6) is -0.372. The van der Waals surface area contributed by atoms with Crippen molar-refractivity contribution in [2.75, 3.05) is 5.32 Å². The predicted molar refractivity (Wildman–Crippen MR) is 116 cm³/mol. The largest absolute Gasteiger partial charge is 0.423 e. The Morgan fingerprint density at radius 2 is 1.73 bits per heavy atom. The van der Waals surface area contributed by atoms with Gasteiger partial charge in [0.1, 0.15) is 11.6 Å². The molecular weight excluding hydrogens is 404 g/mol. The Morgan fingerprint density at radius 1 is 1.03 bits per heavy atom. The minimum Gasteiger partial charge on any atom is -0.423 e. The lowest BCUT2D eigenvalue weighted by Gasteiger charge is -2.20. The minimum absolute atomic E-state index is 0.0901. The summed E-state index contributed by atoms with van der Waals surface area (Å²) < 4.78 is 33.1. The summed E-state index contributed by atoms with van der Waals surface area (Å²) in [6.07, 6.45) is 0.333. The molecular formula is C22H24N2O5S. The van der Waals surface area contributed by atoms with Crippen molar-refractivity contribution in [1.29, 1.82) is 0 Å². The van der Waals surface area contributed by atoms with Crippen LogP contribution in [-0.2, 0) is 14.8 Å². The molecule has 0 bridgehead atoms. The lowest BCUT2D eigenvalue weighted by molar-refractivity contribution is -0.118. The van der Waals surface area contributed by atoms with Crippen molar-refractivity contribution >= 4 is 32.6 Å². The van der Waals surface area contributed by atoms with Crippen LogP contribution in [0.3, 0.4) is 0 Å². The van der Waals surface area contributed by atoms with Crippen LogP contribution in [0.1, 0.15) is 25.8 Å². The summed E-state index contributed by atoms with van der Waals surface area (Å²) in [6.45, 7) is 5.70. The fourth-order valence-electron chi connectivity index (χ4n) is 3.03. The molecule has 0 aliphatic heterocycles. The third-order valence-electron chi connectivity index (χ3n) is 4.54. The van der Waals surface area contributed by atoms with Crippen LogP contribution in [0.5, 0.6) is 0 Å². The molecule has 30 heavy (non-hydrogen) atoms. The van der Waals surface area contributed by atoms with E-state index in [-0.39, 0.29) is 10.8 Å². The molecule has 1 unspecified atom stereocenters. The maximum atomic E-state index is 12.9. The monoisotopic (exact) mass is 428 g/mol. The molecule has 0 radical (unpaired) electrons. The van der Waals surface area contributed by atoms with Crippen LogP contribution in [0.25, 0.3) is 11.0 Å². The summed E-state index contributed by atoms with van der Waals surface area (Å²) in [6, 6.07) is 13.2. The predicted octanol–water partition coefficient (Wildman–Crippen LogP) is 3.43. The second-order valence-electron chi connectivity index (χ2n) is 7.61. The average molecular weight is 429 g/mol. The van der Waals surface area contributed by atoms with E-state index < -0.39 is 27.6 Å². The molecule has 1 heterocycles. The molecule has 0 saturated carbocycles. The van der Waals surface area contributed by atoms with Gasteiger partial charge in [-0.15, -0.1) is 0 Å². The Kier molecular flexibility index (Phi) is 6.38. The van der Waals surface area contributed by atoms with E-state index in [2.05, 4.69) is 10.0 Å². The fraction of sp³-hybridized carbons (Fsp3) is 0.273. The van der Waals surface area contributed by atoms with Crippen molar-refractivity contribution in [2.45, 2.75) is 38.1 Å². The van der Waals surface area contributed by atoms with Gasteiger partial charge in [-0.2, -0.15) is 4.72 Å². The highest BCUT2D eigenvalue weighted by molar-refractivity contribution is 7.89. The number of benzene rings is 2. The van der Waals surface area contributed by atoms with Gasteiger partial charge in [-0.3, -0.25) is 4.79 Å². The zero-order valence-electron chi connectivity index (χ0n) is 17.0. The summed E-state index contributed by atoms with van der Waals surface area (Å²) in [4.78, 5) is 24.3. The van der Waals surface area contributed by atoms with E-state index in [9.17, 15) is 18.0 Å². The van der Waals surface area contributed by atoms with Gasteiger partial charge in [0.2, 0.25) is 15.9 Å². The highest BCUT2D eigenvalue weighted by Gasteiger charge is 2.26. The molecule has 0 fully saturated rings. The first-order valence-corrected chi connectivity index (χ1v) is 11.1. The third kappa shape index (κ3) is 5.34. The van der Waals surface area contributed by atoms with E-state index >= 15 is 0 Å². The van der Waals surface area contributed by atoms with Gasteiger partial charge in [0.05, 0.1) is 4.90 Å². The number of hydrogen-bond donors (Lipinski definition) is 2. The van der Waals surface area contributed by atoms with Gasteiger partial charge < -0.3 is 9.73 Å². The van der Waals surface area contributed by atoms with Gasteiger partial charge in [0.15, 0.2) is 0 Å². The molecule has 158 valence electrons. The number of amides is 1. The first-order valence-electron chi connectivity index (χ1n) is 9.58. The number of fused-ring (bicyclic) bond motifs is 1. The molecule has 3 rings (SSSR count). The first kappa shape index (κ1) is 21.7. The highest BCUT2D eigenvalue weighted by Crippen LogP contribution is 2.19. The molecule has 2 aromatic carbocycles. The number of carbonyl (C=O) groups excluding carboxylic acids is 1. The van der Waals surface area contributed by atoms with Gasteiger partial charge in [0.25, 0.3) is 0 Å². The molecule has 0 aliphatic carbocycles. The Balaban J connectivity index is 1.82. The van der Waals surface area contributed by atoms with Crippen molar-refractivity contribution < 1.29 is 17.6 Å². The molecule has 3 aromatic rings. The number of nitrogens with one attached hydrogen (secondary N) is 2. The molecule has 0 saturated heterocycles. The summed E-state index contributed by atoms with van der Waals surface area (Å²) in [5.41, 5.74) is 1.36. The van der Waals surface area contributed by atoms with Gasteiger partial charge in [-0.25, -0.2) is 13.2 Å². The van der Waals surface area contributed by atoms with Crippen LogP contribution in [0.4, 0.5) is 5.69 Å². The Hall–Kier alpha value is -2.97. The van der Waals surface area contributed by atoms with Gasteiger partial charge in [-0.1, -0.05) is 31.5 Å². The topological polar surface area (TPSA) is 105 Å². The Bertz CT molecular complexity index is 1210. The van der Waals surface area contributed by atoms with Crippen LogP contribution in [0.2, 0.25) is 0 Å². The lowest BCUT2D eigenvalue weighted by Crippen LogP contribution is -2.44. The highest BCUT2D eigenvalue weighted by atomic mass is 32.2. The SMILES string of the molecule is Cc1ccc(S(=O)(=O)NC(CC(C)C)C(=O)Nc2ccc3oc(=O)ccc3c2)cc1. The second-order valence-corrected chi connectivity index (χ2v) is 9.33. The molecule has 1 amide bonds. The number of carbonyl (C=O) groups is 1. The van der Waals surface area contributed by atoms with Crippen molar-refractivity contribution in [2.24, 2.45) is 5.92 Å². The van der Waals surface area contributed by atoms with E-state index in [0.29, 0.717) is 23.1 Å². The average Bonchev–Trinajstić information content (AvgIpc) is 2.67. The molecule has 8 heteroatoms. The smallest absolute Gasteiger partial charge is 0.336 e. The first-order chi connectivity index (χ1) is 14.1. The summed E-state index contributed by atoms with van der Waals surface area (Å²) >= 11 is 0. The second kappa shape index (κ2) is 8.81. The standard InChI is InChI=1S/C22H24N2O5S/c1-14(2)12-19(24-30(27,28)18-8-4-15(3)5-9-18)22(26)23-17-7-10-20-16(13-17)6-11-21(25)29-20/h4-11,13-14,19,24H,12H2,1-3H3,(H,23,26). The van der Waals surface area contributed by atoms with Crippen LogP contribution in [0.15, 0.2) is 68.7 Å². The maximum absolute atomic E-state index is 12.9. The van der Waals surface area contributed by atoms with Crippen LogP contribution < -0.4 is 15.7 Å². The van der Waals surface area contributed by atoms with E-state index in [1.54, 1.807) is 36.4 Å². The van der Waals surface area contributed by atoms with Crippen LogP contribution in [-0.4, -0.2) is 20.4 Å². The van der Waals surface area contributed by atoms with E-state index in [0.717, 1.165) is 5.56 Å². The summed E-state index contributed by atoms with van der Waals surface area (Å²) in [5, 5.41) is 3.40. The minimum atomic E-state index is -3.86. The van der Waals surface area contributed by atoms with E-state index in [1.807, 2.05) is 20.8 Å². The molecule has 2 N–H and O–H groups in total. The molecule has 1 atom stereocenters. The number of anilines is 1. The molecule has 0 spiro atoms. The third-order valence-corrected chi connectivity index (χ3v) is 6.03.